The van der Waals surface area contributed by atoms with E-state index in [0.717, 1.165) is 4.88 Å². The van der Waals surface area contributed by atoms with Gasteiger partial charge in [0.15, 0.2) is 32.2 Å². The van der Waals surface area contributed by atoms with Gasteiger partial charge in [0.2, 0.25) is 0 Å². The summed E-state index contributed by atoms with van der Waals surface area (Å²) in [5.41, 5.74) is 1.20. The molecular formula is C28H35Cl2NO6SSi. The van der Waals surface area contributed by atoms with Crippen molar-refractivity contribution in [1.82, 2.24) is 0 Å². The predicted octanol–water partition coefficient (Wildman–Crippen LogP) is 7.42. The van der Waals surface area contributed by atoms with Gasteiger partial charge in [0, 0.05) is 21.2 Å². The third kappa shape index (κ3) is 7.26. The second-order valence-electron chi connectivity index (χ2n) is 10.9. The molecule has 7 nitrogen and oxygen atoms in total. The first-order valence-corrected chi connectivity index (χ1v) is 16.9. The Morgan fingerprint density at radius 1 is 1.08 bits per heavy atom. The van der Waals surface area contributed by atoms with Crippen molar-refractivity contribution in [2.75, 3.05) is 14.2 Å². The van der Waals surface area contributed by atoms with Crippen molar-refractivity contribution in [1.29, 1.82) is 0 Å². The molecule has 3 rings (SSSR count). The van der Waals surface area contributed by atoms with Gasteiger partial charge in [-0.25, -0.2) is 0 Å². The van der Waals surface area contributed by atoms with Gasteiger partial charge in [0.1, 0.15) is 10.0 Å². The lowest BCUT2D eigenvalue weighted by atomic mass is 9.80. The first kappa shape index (κ1) is 31.2. The zero-order valence-electron chi connectivity index (χ0n) is 23.2. The molecule has 0 saturated heterocycles. The van der Waals surface area contributed by atoms with E-state index in [0.29, 0.717) is 38.8 Å². The number of hydrogen-bond acceptors (Lipinski definition) is 6. The second-order valence-corrected chi connectivity index (χ2v) is 17.7. The van der Waals surface area contributed by atoms with Crippen LogP contribution in [-0.4, -0.2) is 33.6 Å². The second kappa shape index (κ2) is 12.5. The van der Waals surface area contributed by atoms with Gasteiger partial charge in [-0.2, -0.15) is 4.73 Å². The maximum absolute atomic E-state index is 12.9. The highest BCUT2D eigenvalue weighted by molar-refractivity contribution is 7.12. The number of carboxylic acid groups (broad SMARTS) is 1. The Kier molecular flexibility index (Phi) is 9.99. The summed E-state index contributed by atoms with van der Waals surface area (Å²) in [6.45, 7) is 11.3. The quantitative estimate of drug-likeness (QED) is 0.138. The lowest BCUT2D eigenvalue weighted by Gasteiger charge is -2.36. The zero-order valence-corrected chi connectivity index (χ0v) is 26.5. The van der Waals surface area contributed by atoms with Gasteiger partial charge in [0.05, 0.1) is 26.7 Å². The van der Waals surface area contributed by atoms with E-state index in [2.05, 4.69) is 33.9 Å². The van der Waals surface area contributed by atoms with Crippen molar-refractivity contribution in [2.24, 2.45) is 0 Å². The van der Waals surface area contributed by atoms with E-state index in [-0.39, 0.29) is 21.5 Å². The largest absolute Gasteiger partial charge is 0.619 e. The maximum Gasteiger partial charge on any atom is 0.312 e. The summed E-state index contributed by atoms with van der Waals surface area (Å²) in [7, 11) is 1.08. The number of rotatable bonds is 11. The molecule has 1 N–H and O–H groups in total. The highest BCUT2D eigenvalue weighted by Crippen LogP contribution is 2.44. The van der Waals surface area contributed by atoms with E-state index in [4.69, 9.17) is 37.1 Å². The minimum absolute atomic E-state index is 0.0612. The fourth-order valence-corrected chi connectivity index (χ4v) is 6.79. The third-order valence-corrected chi connectivity index (χ3v) is 13.6. The Balaban J connectivity index is 2.07. The SMILES string of the molecule is COc1ccc([C@@H](Cc2c(Cl)c[n+]([O-])cc2Cl)C(C(=O)O)c2ccc(CO[Si](C)(C)C(C)(C)C)s2)cc1OC. The van der Waals surface area contributed by atoms with Crippen LogP contribution in [0.25, 0.3) is 0 Å². The monoisotopic (exact) mass is 611 g/mol. The summed E-state index contributed by atoms with van der Waals surface area (Å²) >= 11 is 14.3. The van der Waals surface area contributed by atoms with E-state index in [1.807, 2.05) is 18.2 Å². The molecule has 0 spiro atoms. The van der Waals surface area contributed by atoms with E-state index in [1.165, 1.54) is 38.0 Å². The molecule has 11 heteroatoms. The van der Waals surface area contributed by atoms with Crippen LogP contribution in [0.3, 0.4) is 0 Å². The number of methoxy groups -OCH3 is 2. The summed E-state index contributed by atoms with van der Waals surface area (Å²) in [5.74, 6) is -1.51. The Morgan fingerprint density at radius 3 is 2.23 bits per heavy atom. The van der Waals surface area contributed by atoms with Gasteiger partial charge in [-0.15, -0.1) is 11.3 Å². The minimum atomic E-state index is -1.98. The Bertz CT molecular complexity index is 1300. The molecule has 3 aromatic rings. The van der Waals surface area contributed by atoms with Crippen molar-refractivity contribution in [3.05, 3.63) is 78.9 Å². The van der Waals surface area contributed by atoms with Crippen molar-refractivity contribution in [3.8, 4) is 11.5 Å². The number of nitrogens with zero attached hydrogens (tertiary/aromatic N) is 1. The highest BCUT2D eigenvalue weighted by atomic mass is 35.5. The predicted molar refractivity (Wildman–Crippen MR) is 158 cm³/mol. The number of carboxylic acids is 1. The average Bonchev–Trinajstić information content (AvgIpc) is 3.31. The van der Waals surface area contributed by atoms with Gasteiger partial charge in [-0.1, -0.05) is 50.0 Å². The number of carbonyl (C=O) groups is 1. The van der Waals surface area contributed by atoms with E-state index in [1.54, 1.807) is 12.1 Å². The summed E-state index contributed by atoms with van der Waals surface area (Å²) in [5, 5.41) is 22.8. The van der Waals surface area contributed by atoms with Crippen LogP contribution in [0.4, 0.5) is 0 Å². The van der Waals surface area contributed by atoms with Crippen LogP contribution in [0.2, 0.25) is 28.2 Å². The lowest BCUT2D eigenvalue weighted by Crippen LogP contribution is -2.40. The fourth-order valence-electron chi connectivity index (χ4n) is 4.06. The van der Waals surface area contributed by atoms with Crippen LogP contribution in [0.1, 0.15) is 53.5 Å². The van der Waals surface area contributed by atoms with E-state index < -0.39 is 26.1 Å². The molecule has 2 heterocycles. The topological polar surface area (TPSA) is 91.9 Å². The lowest BCUT2D eigenvalue weighted by molar-refractivity contribution is -0.605. The van der Waals surface area contributed by atoms with Crippen LogP contribution < -0.4 is 14.2 Å². The van der Waals surface area contributed by atoms with Gasteiger partial charge in [0.25, 0.3) is 0 Å². The molecule has 1 unspecified atom stereocenters. The maximum atomic E-state index is 12.9. The number of aromatic nitrogens is 1. The number of halogens is 2. The van der Waals surface area contributed by atoms with Gasteiger partial charge < -0.3 is 24.2 Å². The van der Waals surface area contributed by atoms with Crippen molar-refractivity contribution in [3.63, 3.8) is 0 Å². The Morgan fingerprint density at radius 2 is 1.69 bits per heavy atom. The van der Waals surface area contributed by atoms with Crippen LogP contribution >= 0.6 is 34.5 Å². The smallest absolute Gasteiger partial charge is 0.312 e. The number of benzene rings is 1. The minimum Gasteiger partial charge on any atom is -0.619 e. The number of ether oxygens (including phenoxy) is 2. The fraction of sp³-hybridized carbons (Fsp3) is 0.429. The molecule has 1 aromatic carbocycles. The van der Waals surface area contributed by atoms with Gasteiger partial charge in [-0.05, 0) is 54.4 Å². The Hall–Kier alpha value is -2.30. The summed E-state index contributed by atoms with van der Waals surface area (Å²) in [6, 6.07) is 9.11. The van der Waals surface area contributed by atoms with Crippen LogP contribution in [0.15, 0.2) is 42.7 Å². The summed E-state index contributed by atoms with van der Waals surface area (Å²) in [4.78, 5) is 14.5. The normalized spacial score (nSPS) is 13.7. The first-order chi connectivity index (χ1) is 18.2. The highest BCUT2D eigenvalue weighted by Gasteiger charge is 2.38. The van der Waals surface area contributed by atoms with Crippen molar-refractivity contribution in [2.45, 2.75) is 63.8 Å². The first-order valence-electron chi connectivity index (χ1n) is 12.4. The summed E-state index contributed by atoms with van der Waals surface area (Å²) < 4.78 is 17.8. The van der Waals surface area contributed by atoms with E-state index in [9.17, 15) is 15.1 Å². The number of pyridine rings is 1. The molecule has 0 radical (unpaired) electrons. The molecule has 0 aliphatic rings. The molecular weight excluding hydrogens is 577 g/mol. The Labute approximate surface area is 245 Å². The standard InChI is InChI=1S/C28H35Cl2NO6SSi/c1-28(2,3)39(6,7)37-16-18-9-11-25(38-18)26(27(32)33)19(13-20-21(29)14-31(34)15-22(20)30)17-8-10-23(35-4)24(12-17)36-5/h8-12,14-15,19,26H,13,16H2,1-7H3,(H,32,33)/t19-,26?/m1/s1. The molecule has 0 fully saturated rings. The number of aliphatic carboxylic acids is 1. The molecule has 0 bridgehead atoms. The molecule has 2 aromatic heterocycles. The summed E-state index contributed by atoms with van der Waals surface area (Å²) in [6.07, 6.45) is 2.61. The molecule has 212 valence electrons. The third-order valence-electron chi connectivity index (χ3n) is 7.36. The molecule has 2 atom stereocenters. The molecule has 39 heavy (non-hydrogen) atoms. The number of thiophene rings is 1. The van der Waals surface area contributed by atoms with Crippen LogP contribution in [-0.2, 0) is 22.2 Å². The van der Waals surface area contributed by atoms with Crippen molar-refractivity contribution < 1.29 is 28.5 Å². The zero-order chi connectivity index (χ0) is 29.1. The van der Waals surface area contributed by atoms with E-state index >= 15 is 0 Å². The molecule has 0 aliphatic carbocycles. The number of hydrogen-bond donors (Lipinski definition) is 1. The molecule has 0 saturated carbocycles. The van der Waals surface area contributed by atoms with Gasteiger partial charge >= 0.3 is 5.97 Å². The van der Waals surface area contributed by atoms with Gasteiger partial charge in [-0.3, -0.25) is 4.79 Å². The molecule has 0 aliphatic heterocycles. The van der Waals surface area contributed by atoms with Crippen molar-refractivity contribution >= 4 is 48.8 Å². The average molecular weight is 613 g/mol. The molecule has 0 amide bonds. The van der Waals surface area contributed by atoms with Crippen LogP contribution in [0.5, 0.6) is 11.5 Å². The van der Waals surface area contributed by atoms with Crippen LogP contribution in [0, 0.1) is 5.21 Å².